The topological polar surface area (TPSA) is 54.3 Å². The monoisotopic (exact) mass is 402 g/mol. The maximum absolute atomic E-state index is 13.6. The van der Waals surface area contributed by atoms with Crippen molar-refractivity contribution in [2.45, 2.75) is 38.6 Å². The van der Waals surface area contributed by atoms with Crippen molar-refractivity contribution in [3.63, 3.8) is 0 Å². The van der Waals surface area contributed by atoms with E-state index in [0.29, 0.717) is 22.6 Å². The van der Waals surface area contributed by atoms with Crippen LogP contribution in [0.1, 0.15) is 54.0 Å². The van der Waals surface area contributed by atoms with E-state index in [1.807, 2.05) is 36.4 Å². The van der Waals surface area contributed by atoms with Gasteiger partial charge in [-0.3, -0.25) is 4.79 Å². The van der Waals surface area contributed by atoms with Crippen molar-refractivity contribution in [1.29, 1.82) is 0 Å². The number of carbonyl (C=O) groups is 1. The summed E-state index contributed by atoms with van der Waals surface area (Å²) >= 11 is 0. The SMILES string of the molecule is CC(Nc1ccccc1)c1c(C=C2C(=O)Nc3cc(F)ccc32)oc2c1CCCC2. The molecule has 1 unspecified atom stereocenters. The van der Waals surface area contributed by atoms with Gasteiger partial charge in [-0.15, -0.1) is 0 Å². The van der Waals surface area contributed by atoms with Crippen molar-refractivity contribution in [3.05, 3.63) is 82.6 Å². The Balaban J connectivity index is 1.58. The molecule has 5 heteroatoms. The van der Waals surface area contributed by atoms with Gasteiger partial charge in [0.25, 0.3) is 5.91 Å². The third-order valence-corrected chi connectivity index (χ3v) is 5.87. The predicted octanol–water partition coefficient (Wildman–Crippen LogP) is 5.96. The van der Waals surface area contributed by atoms with Gasteiger partial charge in [0, 0.05) is 23.2 Å². The number of anilines is 2. The molecule has 0 radical (unpaired) electrons. The third-order valence-electron chi connectivity index (χ3n) is 5.87. The van der Waals surface area contributed by atoms with Gasteiger partial charge in [-0.2, -0.15) is 0 Å². The molecule has 3 aromatic rings. The number of hydrogen-bond donors (Lipinski definition) is 2. The molecule has 30 heavy (non-hydrogen) atoms. The highest BCUT2D eigenvalue weighted by atomic mass is 19.1. The lowest BCUT2D eigenvalue weighted by Gasteiger charge is -2.18. The number of amides is 1. The Morgan fingerprint density at radius 1 is 1.13 bits per heavy atom. The molecular formula is C25H23FN2O2. The molecule has 5 rings (SSSR count). The van der Waals surface area contributed by atoms with E-state index in [0.717, 1.165) is 42.7 Å². The fourth-order valence-electron chi connectivity index (χ4n) is 4.49. The molecule has 1 amide bonds. The first kappa shape index (κ1) is 18.7. The molecule has 152 valence electrons. The molecule has 0 spiro atoms. The van der Waals surface area contributed by atoms with Gasteiger partial charge in [0.1, 0.15) is 17.3 Å². The van der Waals surface area contributed by atoms with Crippen LogP contribution in [0.4, 0.5) is 15.8 Å². The number of para-hydroxylation sites is 1. The minimum Gasteiger partial charge on any atom is -0.461 e. The fourth-order valence-corrected chi connectivity index (χ4v) is 4.49. The van der Waals surface area contributed by atoms with E-state index >= 15 is 0 Å². The average Bonchev–Trinajstić information content (AvgIpc) is 3.25. The van der Waals surface area contributed by atoms with E-state index in [2.05, 4.69) is 17.6 Å². The molecule has 1 aliphatic heterocycles. The van der Waals surface area contributed by atoms with Crippen LogP contribution in [0, 0.1) is 5.82 Å². The number of carbonyl (C=O) groups excluding carboxylic acids is 1. The molecule has 4 nitrogen and oxygen atoms in total. The lowest BCUT2D eigenvalue weighted by atomic mass is 9.91. The van der Waals surface area contributed by atoms with Crippen LogP contribution in [0.2, 0.25) is 0 Å². The summed E-state index contributed by atoms with van der Waals surface area (Å²) in [7, 11) is 0. The van der Waals surface area contributed by atoms with Crippen LogP contribution < -0.4 is 10.6 Å². The van der Waals surface area contributed by atoms with Gasteiger partial charge in [-0.25, -0.2) is 4.39 Å². The first-order chi connectivity index (χ1) is 14.6. The van der Waals surface area contributed by atoms with Gasteiger partial charge in [0.05, 0.1) is 17.3 Å². The fraction of sp³-hybridized carbons (Fsp3) is 0.240. The number of aryl methyl sites for hydroxylation is 1. The summed E-state index contributed by atoms with van der Waals surface area (Å²) in [5.41, 5.74) is 5.09. The van der Waals surface area contributed by atoms with E-state index in [-0.39, 0.29) is 17.8 Å². The van der Waals surface area contributed by atoms with Gasteiger partial charge in [0.2, 0.25) is 0 Å². The number of hydrogen-bond acceptors (Lipinski definition) is 3. The van der Waals surface area contributed by atoms with Gasteiger partial charge in [-0.05, 0) is 68.2 Å². The maximum atomic E-state index is 13.6. The van der Waals surface area contributed by atoms with Crippen LogP contribution >= 0.6 is 0 Å². The Hall–Kier alpha value is -3.34. The average molecular weight is 402 g/mol. The van der Waals surface area contributed by atoms with Crippen molar-refractivity contribution in [3.8, 4) is 0 Å². The van der Waals surface area contributed by atoms with E-state index in [1.54, 1.807) is 6.07 Å². The van der Waals surface area contributed by atoms with E-state index in [1.165, 1.54) is 17.7 Å². The van der Waals surface area contributed by atoms with Gasteiger partial charge < -0.3 is 15.1 Å². The molecule has 0 bridgehead atoms. The Morgan fingerprint density at radius 2 is 1.93 bits per heavy atom. The van der Waals surface area contributed by atoms with Crippen LogP contribution in [-0.2, 0) is 17.6 Å². The minimum atomic E-state index is -0.370. The third kappa shape index (κ3) is 3.30. The Labute approximate surface area is 174 Å². The van der Waals surface area contributed by atoms with E-state index in [9.17, 15) is 9.18 Å². The highest BCUT2D eigenvalue weighted by Gasteiger charge is 2.29. The summed E-state index contributed by atoms with van der Waals surface area (Å²) in [6, 6.07) is 14.5. The Kier molecular flexibility index (Phi) is 4.66. The normalized spacial score (nSPS) is 17.4. The van der Waals surface area contributed by atoms with Crippen molar-refractivity contribution in [2.75, 3.05) is 10.6 Å². The van der Waals surface area contributed by atoms with Gasteiger partial charge in [-0.1, -0.05) is 18.2 Å². The van der Waals surface area contributed by atoms with Crippen molar-refractivity contribution < 1.29 is 13.6 Å². The number of benzene rings is 2. The molecule has 2 heterocycles. The summed E-state index contributed by atoms with van der Waals surface area (Å²) in [5.74, 6) is 1.12. The maximum Gasteiger partial charge on any atom is 0.256 e. The Morgan fingerprint density at radius 3 is 2.77 bits per heavy atom. The smallest absolute Gasteiger partial charge is 0.256 e. The minimum absolute atomic E-state index is 0.0157. The van der Waals surface area contributed by atoms with Gasteiger partial charge >= 0.3 is 0 Å². The summed E-state index contributed by atoms with van der Waals surface area (Å²) in [6.45, 7) is 2.12. The number of rotatable bonds is 4. The molecule has 2 N–H and O–H groups in total. The molecule has 2 aliphatic rings. The van der Waals surface area contributed by atoms with Gasteiger partial charge in [0.15, 0.2) is 0 Å². The standard InChI is InChI=1S/C25H23FN2O2/c1-15(27-17-7-3-2-4-8-17)24-19-9-5-6-10-22(19)30-23(24)14-20-18-12-11-16(26)13-21(18)28-25(20)29/h2-4,7-8,11-15,27H,5-6,9-10H2,1H3,(H,28,29). The zero-order chi connectivity index (χ0) is 20.7. The first-order valence-electron chi connectivity index (χ1n) is 10.4. The lowest BCUT2D eigenvalue weighted by Crippen LogP contribution is -2.11. The zero-order valence-corrected chi connectivity index (χ0v) is 16.8. The van der Waals surface area contributed by atoms with Crippen molar-refractivity contribution >= 4 is 28.9 Å². The molecule has 1 atom stereocenters. The first-order valence-corrected chi connectivity index (χ1v) is 10.4. The van der Waals surface area contributed by atoms with Crippen molar-refractivity contribution in [2.24, 2.45) is 0 Å². The largest absolute Gasteiger partial charge is 0.461 e. The van der Waals surface area contributed by atoms with E-state index in [4.69, 9.17) is 4.42 Å². The summed E-state index contributed by atoms with van der Waals surface area (Å²) < 4.78 is 19.9. The van der Waals surface area contributed by atoms with Crippen LogP contribution in [0.3, 0.4) is 0 Å². The molecule has 0 fully saturated rings. The number of fused-ring (bicyclic) bond motifs is 2. The second-order valence-electron chi connectivity index (χ2n) is 7.92. The number of halogens is 1. The summed E-state index contributed by atoms with van der Waals surface area (Å²) in [6.07, 6.45) is 5.95. The predicted molar refractivity (Wildman–Crippen MR) is 117 cm³/mol. The summed E-state index contributed by atoms with van der Waals surface area (Å²) in [5, 5.41) is 6.31. The molecular weight excluding hydrogens is 379 g/mol. The molecule has 0 saturated heterocycles. The quantitative estimate of drug-likeness (QED) is 0.529. The Bertz CT molecular complexity index is 1150. The lowest BCUT2D eigenvalue weighted by molar-refractivity contribution is -0.110. The molecule has 1 aromatic heterocycles. The van der Waals surface area contributed by atoms with Crippen molar-refractivity contribution in [1.82, 2.24) is 0 Å². The van der Waals surface area contributed by atoms with E-state index < -0.39 is 0 Å². The van der Waals surface area contributed by atoms with Crippen LogP contribution in [0.5, 0.6) is 0 Å². The van der Waals surface area contributed by atoms with Crippen LogP contribution in [0.15, 0.2) is 52.9 Å². The molecule has 1 aliphatic carbocycles. The zero-order valence-electron chi connectivity index (χ0n) is 16.8. The second-order valence-corrected chi connectivity index (χ2v) is 7.92. The highest BCUT2D eigenvalue weighted by Crippen LogP contribution is 2.39. The second kappa shape index (κ2) is 7.48. The number of nitrogens with one attached hydrogen (secondary N) is 2. The molecule has 0 saturated carbocycles. The highest BCUT2D eigenvalue weighted by molar-refractivity contribution is 6.34. The summed E-state index contributed by atoms with van der Waals surface area (Å²) in [4.78, 5) is 12.6. The van der Waals surface area contributed by atoms with Crippen LogP contribution in [-0.4, -0.2) is 5.91 Å². The number of furan rings is 1. The molecule has 2 aromatic carbocycles. The van der Waals surface area contributed by atoms with Crippen LogP contribution in [0.25, 0.3) is 11.6 Å².